The molecule has 1 heterocycles. The number of esters is 1. The number of hydrogen-bond donors (Lipinski definition) is 0. The van der Waals surface area contributed by atoms with E-state index in [0.29, 0.717) is 11.3 Å². The molecule has 116 valence electrons. The SMILES string of the molecule is COC(=O)c1ccc(-n2c(C)cc(C(=O)CSC)c2C)cc1. The number of carbonyl (C=O) groups is 2. The second-order valence-corrected chi connectivity index (χ2v) is 5.88. The summed E-state index contributed by atoms with van der Waals surface area (Å²) < 4.78 is 6.72. The highest BCUT2D eigenvalue weighted by molar-refractivity contribution is 7.99. The fourth-order valence-electron chi connectivity index (χ4n) is 2.52. The zero-order valence-corrected chi connectivity index (χ0v) is 14.0. The molecule has 22 heavy (non-hydrogen) atoms. The number of carbonyl (C=O) groups excluding carboxylic acids is 2. The molecule has 0 saturated heterocycles. The number of nitrogens with zero attached hydrogens (tertiary/aromatic N) is 1. The zero-order valence-electron chi connectivity index (χ0n) is 13.2. The summed E-state index contributed by atoms with van der Waals surface area (Å²) in [5, 5.41) is 0. The molecular formula is C17H19NO3S. The van der Waals surface area contributed by atoms with Crippen LogP contribution >= 0.6 is 11.8 Å². The van der Waals surface area contributed by atoms with Crippen LogP contribution in [0.5, 0.6) is 0 Å². The topological polar surface area (TPSA) is 48.3 Å². The highest BCUT2D eigenvalue weighted by atomic mass is 32.2. The maximum Gasteiger partial charge on any atom is 0.337 e. The van der Waals surface area contributed by atoms with Crippen molar-refractivity contribution in [2.75, 3.05) is 19.1 Å². The minimum Gasteiger partial charge on any atom is -0.465 e. The molecule has 1 aromatic heterocycles. The summed E-state index contributed by atoms with van der Waals surface area (Å²) in [6.07, 6.45) is 1.92. The molecular weight excluding hydrogens is 298 g/mol. The van der Waals surface area contributed by atoms with Crippen molar-refractivity contribution in [3.05, 3.63) is 52.8 Å². The van der Waals surface area contributed by atoms with Crippen LogP contribution in [0.4, 0.5) is 0 Å². The van der Waals surface area contributed by atoms with E-state index in [4.69, 9.17) is 4.74 Å². The molecule has 2 rings (SSSR count). The Bertz CT molecular complexity index is 701. The van der Waals surface area contributed by atoms with Gasteiger partial charge in [0.2, 0.25) is 0 Å². The Labute approximate surface area is 134 Å². The predicted molar refractivity (Wildman–Crippen MR) is 89.3 cm³/mol. The van der Waals surface area contributed by atoms with Gasteiger partial charge >= 0.3 is 5.97 Å². The number of hydrogen-bond acceptors (Lipinski definition) is 4. The highest BCUT2D eigenvalue weighted by Gasteiger charge is 2.16. The van der Waals surface area contributed by atoms with Gasteiger partial charge in [0.25, 0.3) is 0 Å². The Morgan fingerprint density at radius 1 is 1.18 bits per heavy atom. The van der Waals surface area contributed by atoms with Crippen LogP contribution in [-0.2, 0) is 4.74 Å². The van der Waals surface area contributed by atoms with Crippen LogP contribution in [0.1, 0.15) is 32.1 Å². The lowest BCUT2D eigenvalue weighted by Gasteiger charge is -2.10. The maximum atomic E-state index is 12.1. The van der Waals surface area contributed by atoms with Gasteiger partial charge in [-0.2, -0.15) is 11.8 Å². The number of benzene rings is 1. The monoisotopic (exact) mass is 317 g/mol. The summed E-state index contributed by atoms with van der Waals surface area (Å²) in [6.45, 7) is 3.91. The lowest BCUT2D eigenvalue weighted by Crippen LogP contribution is -2.06. The second kappa shape index (κ2) is 6.83. The van der Waals surface area contributed by atoms with E-state index >= 15 is 0 Å². The van der Waals surface area contributed by atoms with E-state index in [2.05, 4.69) is 0 Å². The number of aromatic nitrogens is 1. The van der Waals surface area contributed by atoms with E-state index in [9.17, 15) is 9.59 Å². The van der Waals surface area contributed by atoms with E-state index in [1.807, 2.05) is 42.9 Å². The first-order valence-corrected chi connectivity index (χ1v) is 8.28. The van der Waals surface area contributed by atoms with Gasteiger partial charge in [-0.3, -0.25) is 4.79 Å². The highest BCUT2D eigenvalue weighted by Crippen LogP contribution is 2.22. The van der Waals surface area contributed by atoms with Gasteiger partial charge in [0.1, 0.15) is 0 Å². The molecule has 0 bridgehead atoms. The van der Waals surface area contributed by atoms with Crippen LogP contribution in [0.2, 0.25) is 0 Å². The van der Waals surface area contributed by atoms with Crippen molar-refractivity contribution in [1.82, 2.24) is 4.57 Å². The molecule has 0 radical (unpaired) electrons. The molecule has 0 fully saturated rings. The van der Waals surface area contributed by atoms with Crippen molar-refractivity contribution in [1.29, 1.82) is 0 Å². The van der Waals surface area contributed by atoms with E-state index in [1.165, 1.54) is 18.9 Å². The summed E-state index contributed by atoms with van der Waals surface area (Å²) in [6, 6.07) is 9.08. The smallest absolute Gasteiger partial charge is 0.337 e. The Morgan fingerprint density at radius 3 is 2.36 bits per heavy atom. The Balaban J connectivity index is 2.41. The molecule has 0 aliphatic rings. The first-order valence-electron chi connectivity index (χ1n) is 6.89. The normalized spacial score (nSPS) is 10.5. The quantitative estimate of drug-likeness (QED) is 0.626. The third-order valence-electron chi connectivity index (χ3n) is 3.55. The molecule has 2 aromatic rings. The van der Waals surface area contributed by atoms with Gasteiger partial charge in [-0.15, -0.1) is 0 Å². The number of methoxy groups -OCH3 is 1. The molecule has 0 saturated carbocycles. The minimum atomic E-state index is -0.358. The molecule has 5 heteroatoms. The van der Waals surface area contributed by atoms with Crippen LogP contribution in [0, 0.1) is 13.8 Å². The number of Topliss-reactive ketones (excluding diaryl/α,β-unsaturated/α-hetero) is 1. The summed E-state index contributed by atoms with van der Waals surface area (Å²) >= 11 is 1.52. The van der Waals surface area contributed by atoms with Crippen molar-refractivity contribution in [2.24, 2.45) is 0 Å². The van der Waals surface area contributed by atoms with E-state index < -0.39 is 0 Å². The van der Waals surface area contributed by atoms with Crippen LogP contribution in [0.3, 0.4) is 0 Å². The van der Waals surface area contributed by atoms with Gasteiger partial charge in [-0.25, -0.2) is 4.79 Å². The Hall–Kier alpha value is -2.01. The van der Waals surface area contributed by atoms with E-state index in [-0.39, 0.29) is 11.8 Å². The minimum absolute atomic E-state index is 0.137. The lowest BCUT2D eigenvalue weighted by molar-refractivity contribution is 0.0600. The Kier molecular flexibility index (Phi) is 5.08. The average molecular weight is 317 g/mol. The summed E-state index contributed by atoms with van der Waals surface area (Å²) in [5.74, 6) is 0.257. The molecule has 0 spiro atoms. The maximum absolute atomic E-state index is 12.1. The average Bonchev–Trinajstić information content (AvgIpc) is 2.82. The Morgan fingerprint density at radius 2 is 1.82 bits per heavy atom. The molecule has 4 nitrogen and oxygen atoms in total. The number of ether oxygens (including phenoxy) is 1. The van der Waals surface area contributed by atoms with Gasteiger partial charge in [-0.05, 0) is 50.4 Å². The number of rotatable bonds is 5. The molecule has 0 aliphatic heterocycles. The van der Waals surface area contributed by atoms with E-state index in [1.54, 1.807) is 12.1 Å². The molecule has 1 aromatic carbocycles. The molecule has 0 N–H and O–H groups in total. The number of aryl methyl sites for hydroxylation is 1. The molecule has 0 aliphatic carbocycles. The lowest BCUT2D eigenvalue weighted by atomic mass is 10.2. The van der Waals surface area contributed by atoms with Crippen LogP contribution in [0.15, 0.2) is 30.3 Å². The van der Waals surface area contributed by atoms with Crippen molar-refractivity contribution < 1.29 is 14.3 Å². The second-order valence-electron chi connectivity index (χ2n) is 5.01. The standard InChI is InChI=1S/C17H19NO3S/c1-11-9-15(16(19)10-22-4)12(2)18(11)14-7-5-13(6-8-14)17(20)21-3/h5-9H,10H2,1-4H3. The summed E-state index contributed by atoms with van der Waals surface area (Å²) in [4.78, 5) is 23.6. The van der Waals surface area contributed by atoms with Gasteiger partial charge in [0.05, 0.1) is 18.4 Å². The number of ketones is 1. The zero-order chi connectivity index (χ0) is 16.3. The molecule has 0 atom stereocenters. The summed E-state index contributed by atoms with van der Waals surface area (Å²) in [7, 11) is 1.36. The van der Waals surface area contributed by atoms with E-state index in [0.717, 1.165) is 22.6 Å². The van der Waals surface area contributed by atoms with Gasteiger partial charge in [0.15, 0.2) is 5.78 Å². The van der Waals surface area contributed by atoms with Gasteiger partial charge in [-0.1, -0.05) is 0 Å². The number of thioether (sulfide) groups is 1. The molecule has 0 amide bonds. The van der Waals surface area contributed by atoms with Crippen molar-refractivity contribution in [3.63, 3.8) is 0 Å². The first-order chi connectivity index (χ1) is 10.5. The first kappa shape index (κ1) is 16.4. The fraction of sp³-hybridized carbons (Fsp3) is 0.294. The van der Waals surface area contributed by atoms with Crippen LogP contribution < -0.4 is 0 Å². The van der Waals surface area contributed by atoms with Gasteiger partial charge < -0.3 is 9.30 Å². The van der Waals surface area contributed by atoms with Crippen molar-refractivity contribution >= 4 is 23.5 Å². The summed E-state index contributed by atoms with van der Waals surface area (Å²) in [5.41, 5.74) is 4.09. The van der Waals surface area contributed by atoms with Crippen molar-refractivity contribution in [2.45, 2.75) is 13.8 Å². The van der Waals surface area contributed by atoms with Crippen LogP contribution in [-0.4, -0.2) is 35.4 Å². The third kappa shape index (κ3) is 3.09. The predicted octanol–water partition coefficient (Wildman–Crippen LogP) is 3.43. The van der Waals surface area contributed by atoms with Crippen molar-refractivity contribution in [3.8, 4) is 5.69 Å². The largest absolute Gasteiger partial charge is 0.465 e. The van der Waals surface area contributed by atoms with Crippen LogP contribution in [0.25, 0.3) is 5.69 Å². The molecule has 0 unspecified atom stereocenters. The fourth-order valence-corrected chi connectivity index (χ4v) is 2.93. The van der Waals surface area contributed by atoms with Gasteiger partial charge in [0, 0.05) is 22.6 Å². The third-order valence-corrected chi connectivity index (χ3v) is 4.10.